The lowest BCUT2D eigenvalue weighted by atomic mass is 9.77. The number of rotatable bonds is 3. The molecule has 1 amide bonds. The summed E-state index contributed by atoms with van der Waals surface area (Å²) < 4.78 is 109. The summed E-state index contributed by atoms with van der Waals surface area (Å²) in [7, 11) is 0. The van der Waals surface area contributed by atoms with E-state index in [0.29, 0.717) is 18.5 Å². The van der Waals surface area contributed by atoms with Crippen LogP contribution in [0.4, 0.5) is 10.5 Å². The molecule has 0 aromatic carbocycles. The number of hydrogen-bond acceptors (Lipinski definition) is 4. The third-order valence-electron chi connectivity index (χ3n) is 5.66. The Morgan fingerprint density at radius 1 is 1.19 bits per heavy atom. The van der Waals surface area contributed by atoms with Crippen LogP contribution in [0.1, 0.15) is 128 Å². The van der Waals surface area contributed by atoms with Crippen LogP contribution >= 0.6 is 0 Å². The van der Waals surface area contributed by atoms with E-state index in [2.05, 4.69) is 19.2 Å². The van der Waals surface area contributed by atoms with Gasteiger partial charge in [-0.2, -0.15) is 0 Å². The van der Waals surface area contributed by atoms with Gasteiger partial charge in [-0.1, -0.05) is 19.9 Å². The van der Waals surface area contributed by atoms with Crippen LogP contribution in [0.2, 0.25) is 0 Å². The Bertz CT molecular complexity index is 1200. The number of anilines is 1. The summed E-state index contributed by atoms with van der Waals surface area (Å²) in [5.41, 5.74) is -5.60. The third-order valence-corrected chi connectivity index (χ3v) is 5.66. The number of pyridine rings is 1. The van der Waals surface area contributed by atoms with Gasteiger partial charge < -0.3 is 9.47 Å². The minimum atomic E-state index is -3.43. The van der Waals surface area contributed by atoms with Crippen molar-refractivity contribution < 1.29 is 30.7 Å². The normalized spacial score (nSPS) is 29.8. The number of nitrogens with zero attached hydrogens (tertiary/aromatic N) is 1. The van der Waals surface area contributed by atoms with Gasteiger partial charge in [0.1, 0.15) is 5.60 Å². The maximum atomic E-state index is 12.7. The van der Waals surface area contributed by atoms with Crippen LogP contribution in [0, 0.1) is 5.41 Å². The van der Waals surface area contributed by atoms with Crippen LogP contribution in [0.25, 0.3) is 5.57 Å². The number of allylic oxidation sites excluding steroid dienone is 2. The third kappa shape index (κ3) is 6.57. The number of nitrogens with one attached hydrogen (secondary N) is 1. The predicted molar refractivity (Wildman–Crippen MR) is 131 cm³/mol. The first kappa shape index (κ1) is 13.1. The van der Waals surface area contributed by atoms with E-state index in [0.717, 1.165) is 12.0 Å². The van der Waals surface area contributed by atoms with Crippen molar-refractivity contribution in [3.63, 3.8) is 0 Å². The molecule has 1 N–H and O–H groups in total. The molecule has 3 rings (SSSR count). The molecule has 1 aliphatic carbocycles. The molecule has 1 aliphatic heterocycles. The van der Waals surface area contributed by atoms with Crippen molar-refractivity contribution >= 4 is 17.4 Å². The zero-order valence-electron chi connectivity index (χ0n) is 31.5. The van der Waals surface area contributed by atoms with E-state index in [1.807, 2.05) is 6.08 Å². The van der Waals surface area contributed by atoms with Gasteiger partial charge in [0.05, 0.1) is 22.6 Å². The van der Waals surface area contributed by atoms with Gasteiger partial charge in [0.25, 0.3) is 0 Å². The van der Waals surface area contributed by atoms with Gasteiger partial charge in [-0.3, -0.25) is 10.3 Å². The number of carbonyl (C=O) groups is 1. The minimum absolute atomic E-state index is 0.0125. The topological polar surface area (TPSA) is 60.5 Å². The fourth-order valence-electron chi connectivity index (χ4n) is 4.11. The second kappa shape index (κ2) is 8.48. The molecular formula is C27H42N2O3. The maximum absolute atomic E-state index is 12.7. The number of amides is 1. The molecule has 5 nitrogen and oxygen atoms in total. The Morgan fingerprint density at radius 3 is 2.38 bits per heavy atom. The second-order valence-electron chi connectivity index (χ2n) is 10.7. The van der Waals surface area contributed by atoms with E-state index in [-0.39, 0.29) is 16.8 Å². The SMILES string of the molecule is [2H]C([2H])([2H])C1(C([2H])([2H])[2H])CC(c2ccc(NC(=O)OC(C)(C)C)c(C3=CCC(C)(C)CC3)n2)CC(C([2H])([2H])[2H])(C([2H])([2H])[2H])O1. The Kier molecular flexibility index (Phi) is 3.48. The summed E-state index contributed by atoms with van der Waals surface area (Å²) in [5.74, 6) is -1.26. The van der Waals surface area contributed by atoms with Crippen molar-refractivity contribution in [1.82, 2.24) is 4.98 Å². The molecule has 1 aromatic rings. The number of hydrogen-bond donors (Lipinski definition) is 1. The van der Waals surface area contributed by atoms with Crippen LogP contribution in [-0.4, -0.2) is 27.9 Å². The van der Waals surface area contributed by atoms with Crippen molar-refractivity contribution in [2.45, 2.75) is 117 Å². The van der Waals surface area contributed by atoms with Gasteiger partial charge in [0, 0.05) is 28.1 Å². The summed E-state index contributed by atoms with van der Waals surface area (Å²) in [5, 5.41) is 2.70. The lowest BCUT2D eigenvalue weighted by Crippen LogP contribution is -2.44. The Morgan fingerprint density at radius 2 is 1.84 bits per heavy atom. The number of aromatic nitrogens is 1. The van der Waals surface area contributed by atoms with Crippen molar-refractivity contribution in [2.24, 2.45) is 5.41 Å². The van der Waals surface area contributed by atoms with Crippen LogP contribution < -0.4 is 5.32 Å². The summed E-state index contributed by atoms with van der Waals surface area (Å²) in [6.07, 6.45) is 1.80. The molecule has 0 unspecified atom stereocenters. The van der Waals surface area contributed by atoms with Crippen molar-refractivity contribution in [3.8, 4) is 0 Å². The van der Waals surface area contributed by atoms with Gasteiger partial charge in [0.15, 0.2) is 0 Å². The fraction of sp³-hybridized carbons (Fsp3) is 0.704. The van der Waals surface area contributed by atoms with Gasteiger partial charge in [-0.25, -0.2) is 4.79 Å². The number of ether oxygens (including phenoxy) is 2. The Labute approximate surface area is 211 Å². The van der Waals surface area contributed by atoms with E-state index in [4.69, 9.17) is 30.9 Å². The maximum Gasteiger partial charge on any atom is 0.412 e. The predicted octanol–water partition coefficient (Wildman–Crippen LogP) is 7.47. The van der Waals surface area contributed by atoms with E-state index in [1.165, 1.54) is 12.1 Å². The first-order valence-corrected chi connectivity index (χ1v) is 10.9. The highest BCUT2D eigenvalue weighted by Gasteiger charge is 2.40. The van der Waals surface area contributed by atoms with Gasteiger partial charge in [-0.05, 0) is 103 Å². The van der Waals surface area contributed by atoms with Crippen molar-refractivity contribution in [1.29, 1.82) is 0 Å². The second-order valence-corrected chi connectivity index (χ2v) is 10.7. The zero-order chi connectivity index (χ0) is 33.9. The molecule has 0 radical (unpaired) electrons. The molecule has 2 aliphatic rings. The molecule has 1 saturated heterocycles. The van der Waals surface area contributed by atoms with Gasteiger partial charge >= 0.3 is 6.09 Å². The van der Waals surface area contributed by atoms with Crippen LogP contribution in [0.5, 0.6) is 0 Å². The first-order valence-electron chi connectivity index (χ1n) is 16.9. The van der Waals surface area contributed by atoms with E-state index < -0.39 is 69.1 Å². The quantitative estimate of drug-likeness (QED) is 0.514. The molecule has 32 heavy (non-hydrogen) atoms. The first-order chi connectivity index (χ1) is 19.5. The van der Waals surface area contributed by atoms with Crippen molar-refractivity contribution in [3.05, 3.63) is 29.6 Å². The summed E-state index contributed by atoms with van der Waals surface area (Å²) in [6, 6.07) is 2.91. The van der Waals surface area contributed by atoms with E-state index in [9.17, 15) is 4.79 Å². The summed E-state index contributed by atoms with van der Waals surface area (Å²) in [6.45, 7) is -4.40. The largest absolute Gasteiger partial charge is 0.444 e. The highest BCUT2D eigenvalue weighted by Crippen LogP contribution is 2.44. The molecule has 178 valence electrons. The fourth-order valence-corrected chi connectivity index (χ4v) is 4.11. The minimum Gasteiger partial charge on any atom is -0.444 e. The van der Waals surface area contributed by atoms with E-state index >= 15 is 0 Å². The van der Waals surface area contributed by atoms with Crippen molar-refractivity contribution in [2.75, 3.05) is 5.32 Å². The Balaban J connectivity index is 2.27. The molecule has 5 heteroatoms. The van der Waals surface area contributed by atoms with E-state index in [1.54, 1.807) is 20.8 Å². The lowest BCUT2D eigenvalue weighted by molar-refractivity contribution is -0.162. The standard InChI is InChI=1S/C27H42N2O3/c1-24(2,3)31-23(30)29-21-11-10-20(19-16-26(6,7)32-27(8,9)17-19)28-22(21)18-12-14-25(4,5)15-13-18/h10-12,19H,13-17H2,1-9H3,(H,29,30)/i6D3,7D3,8D3,9D3. The lowest BCUT2D eigenvalue weighted by Gasteiger charge is -2.45. The Hall–Kier alpha value is -1.88. The highest BCUT2D eigenvalue weighted by atomic mass is 16.6. The molecule has 0 saturated carbocycles. The average Bonchev–Trinajstić information content (AvgIpc) is 2.80. The summed E-state index contributed by atoms with van der Waals surface area (Å²) in [4.78, 5) is 17.5. The molecular weight excluding hydrogens is 400 g/mol. The molecule has 1 aromatic heterocycles. The van der Waals surface area contributed by atoms with Crippen LogP contribution in [0.3, 0.4) is 0 Å². The van der Waals surface area contributed by atoms with Crippen LogP contribution in [0.15, 0.2) is 18.2 Å². The monoisotopic (exact) mass is 454 g/mol. The molecule has 0 spiro atoms. The summed E-state index contributed by atoms with van der Waals surface area (Å²) >= 11 is 0. The molecule has 0 bridgehead atoms. The van der Waals surface area contributed by atoms with Crippen LogP contribution in [-0.2, 0) is 9.47 Å². The molecule has 2 heterocycles. The molecule has 0 atom stereocenters. The number of carbonyl (C=O) groups excluding carboxylic acids is 1. The smallest absolute Gasteiger partial charge is 0.412 e. The molecule has 1 fully saturated rings. The average molecular weight is 455 g/mol. The van der Waals surface area contributed by atoms with Gasteiger partial charge in [0.2, 0.25) is 0 Å². The zero-order valence-corrected chi connectivity index (χ0v) is 19.5. The van der Waals surface area contributed by atoms with Gasteiger partial charge in [-0.15, -0.1) is 0 Å². The highest BCUT2D eigenvalue weighted by molar-refractivity contribution is 5.89.